The first-order valence-corrected chi connectivity index (χ1v) is 9.81. The lowest BCUT2D eigenvalue weighted by molar-refractivity contribution is 0.157. The Hall–Kier alpha value is -2.99. The van der Waals surface area contributed by atoms with Crippen LogP contribution in [0.2, 0.25) is 0 Å². The molecule has 0 aliphatic carbocycles. The first-order valence-electron chi connectivity index (χ1n) is 9.81. The number of hydrogen-bond acceptors (Lipinski definition) is 6. The monoisotopic (exact) mass is 374 g/mol. The van der Waals surface area contributed by atoms with Crippen molar-refractivity contribution in [1.29, 1.82) is 0 Å². The highest BCUT2D eigenvalue weighted by atomic mass is 15.2. The van der Waals surface area contributed by atoms with Crippen LogP contribution in [0.1, 0.15) is 43.1 Å². The second-order valence-corrected chi connectivity index (χ2v) is 7.26. The molecule has 6 heteroatoms. The summed E-state index contributed by atoms with van der Waals surface area (Å²) < 4.78 is 0. The molecular weight excluding hydrogens is 348 g/mol. The van der Waals surface area contributed by atoms with E-state index in [9.17, 15) is 0 Å². The Bertz CT molecular complexity index is 891. The number of rotatable bonds is 5. The van der Waals surface area contributed by atoms with Crippen molar-refractivity contribution in [3.63, 3.8) is 0 Å². The van der Waals surface area contributed by atoms with Gasteiger partial charge < -0.3 is 11.1 Å². The highest BCUT2D eigenvalue weighted by Crippen LogP contribution is 2.31. The molecule has 0 spiro atoms. The molecule has 1 saturated heterocycles. The number of benzene rings is 2. The van der Waals surface area contributed by atoms with Crippen molar-refractivity contribution in [3.8, 4) is 0 Å². The number of aromatic nitrogens is 3. The normalized spacial score (nSPS) is 16.6. The Balaban J connectivity index is 1.44. The molecule has 1 atom stereocenters. The maximum atomic E-state index is 5.96. The maximum Gasteiger partial charge on any atom is 0.232 e. The zero-order valence-corrected chi connectivity index (χ0v) is 16.1. The lowest BCUT2D eigenvalue weighted by atomic mass is 9.89. The molecular formula is C22H26N6. The molecule has 2 heterocycles. The van der Waals surface area contributed by atoms with Gasteiger partial charge in [0.2, 0.25) is 11.9 Å². The van der Waals surface area contributed by atoms with E-state index in [4.69, 9.17) is 5.73 Å². The lowest BCUT2D eigenvalue weighted by Gasteiger charge is -2.35. The maximum absolute atomic E-state index is 5.96. The van der Waals surface area contributed by atoms with Gasteiger partial charge in [-0.05, 0) is 56.5 Å². The van der Waals surface area contributed by atoms with E-state index in [-0.39, 0.29) is 12.0 Å². The number of nitrogen functional groups attached to an aromatic ring is 1. The minimum atomic E-state index is 0.0957. The molecule has 0 bridgehead atoms. The number of nitrogens with two attached hydrogens (primary N) is 1. The number of para-hydroxylation sites is 1. The molecule has 144 valence electrons. The molecule has 1 aromatic heterocycles. The molecule has 4 rings (SSSR count). The highest BCUT2D eigenvalue weighted by molar-refractivity contribution is 5.53. The van der Waals surface area contributed by atoms with Crippen LogP contribution in [-0.2, 0) is 0 Å². The van der Waals surface area contributed by atoms with Crippen LogP contribution in [0.3, 0.4) is 0 Å². The zero-order valence-electron chi connectivity index (χ0n) is 16.1. The Morgan fingerprint density at radius 1 is 0.929 bits per heavy atom. The minimum Gasteiger partial charge on any atom is -0.368 e. The van der Waals surface area contributed by atoms with Crippen molar-refractivity contribution in [3.05, 3.63) is 72.1 Å². The van der Waals surface area contributed by atoms with Gasteiger partial charge in [-0.2, -0.15) is 15.0 Å². The van der Waals surface area contributed by atoms with E-state index in [1.54, 1.807) is 0 Å². The molecule has 1 fully saturated rings. The summed E-state index contributed by atoms with van der Waals surface area (Å²) in [5.41, 5.74) is 8.32. The van der Waals surface area contributed by atoms with Gasteiger partial charge >= 0.3 is 0 Å². The molecule has 0 amide bonds. The number of likely N-dealkylation sites (tertiary alicyclic amines) is 1. The van der Waals surface area contributed by atoms with Crippen LogP contribution >= 0.6 is 0 Å². The van der Waals surface area contributed by atoms with E-state index < -0.39 is 0 Å². The fourth-order valence-electron chi connectivity index (χ4n) is 3.81. The van der Waals surface area contributed by atoms with Gasteiger partial charge in [0, 0.05) is 5.69 Å². The quantitative estimate of drug-likeness (QED) is 0.699. The van der Waals surface area contributed by atoms with Crippen molar-refractivity contribution in [2.75, 3.05) is 24.1 Å². The van der Waals surface area contributed by atoms with Gasteiger partial charge in [-0.25, -0.2) is 0 Å². The van der Waals surface area contributed by atoms with Gasteiger partial charge in [0.1, 0.15) is 0 Å². The van der Waals surface area contributed by atoms with Crippen molar-refractivity contribution < 1.29 is 0 Å². The smallest absolute Gasteiger partial charge is 0.232 e. The third-order valence-corrected chi connectivity index (χ3v) is 5.42. The van der Waals surface area contributed by atoms with Crippen LogP contribution in [0.25, 0.3) is 0 Å². The molecule has 3 aromatic rings. The van der Waals surface area contributed by atoms with Crippen LogP contribution in [0, 0.1) is 0 Å². The predicted octanol–water partition coefficient (Wildman–Crippen LogP) is 4.14. The van der Waals surface area contributed by atoms with Crippen molar-refractivity contribution in [2.45, 2.75) is 31.7 Å². The van der Waals surface area contributed by atoms with Gasteiger partial charge in [0.25, 0.3) is 0 Å². The Labute approximate surface area is 165 Å². The summed E-state index contributed by atoms with van der Waals surface area (Å²) >= 11 is 0. The Kier molecular flexibility index (Phi) is 5.48. The first kappa shape index (κ1) is 18.4. The van der Waals surface area contributed by atoms with Crippen LogP contribution < -0.4 is 11.1 Å². The van der Waals surface area contributed by atoms with Crippen molar-refractivity contribution in [2.24, 2.45) is 0 Å². The summed E-state index contributed by atoms with van der Waals surface area (Å²) in [7, 11) is 0. The standard InChI is InChI=1S/C22H26N6/c1-16(28-14-12-18(13-15-28)17-8-4-2-5-9-17)20-25-21(23)27-22(26-20)24-19-10-6-3-7-11-19/h2-11,16,18H,12-15H2,1H3,(H3,23,24,25,26,27). The molecule has 0 radical (unpaired) electrons. The molecule has 1 aliphatic heterocycles. The van der Waals surface area contributed by atoms with Gasteiger partial charge in [-0.3, -0.25) is 4.90 Å². The number of hydrogen-bond donors (Lipinski definition) is 2. The molecule has 1 unspecified atom stereocenters. The third-order valence-electron chi connectivity index (χ3n) is 5.42. The van der Waals surface area contributed by atoms with Crippen molar-refractivity contribution in [1.82, 2.24) is 19.9 Å². The van der Waals surface area contributed by atoms with Gasteiger partial charge in [-0.1, -0.05) is 48.5 Å². The first-order chi connectivity index (χ1) is 13.7. The van der Waals surface area contributed by atoms with E-state index in [2.05, 4.69) is 62.4 Å². The van der Waals surface area contributed by atoms with Crippen molar-refractivity contribution >= 4 is 17.6 Å². The fraction of sp³-hybridized carbons (Fsp3) is 0.318. The summed E-state index contributed by atoms with van der Waals surface area (Å²) in [6.45, 7) is 4.19. The Morgan fingerprint density at radius 3 is 2.25 bits per heavy atom. The van der Waals surface area contributed by atoms with E-state index in [0.29, 0.717) is 17.7 Å². The van der Waals surface area contributed by atoms with E-state index in [0.717, 1.165) is 31.6 Å². The number of piperidine rings is 1. The summed E-state index contributed by atoms with van der Waals surface area (Å²) in [5.74, 6) is 2.07. The summed E-state index contributed by atoms with van der Waals surface area (Å²) in [4.78, 5) is 15.7. The van der Waals surface area contributed by atoms with Gasteiger partial charge in [0.05, 0.1) is 6.04 Å². The van der Waals surface area contributed by atoms with Crippen LogP contribution in [0.15, 0.2) is 60.7 Å². The largest absolute Gasteiger partial charge is 0.368 e. The molecule has 0 saturated carbocycles. The average molecular weight is 374 g/mol. The minimum absolute atomic E-state index is 0.0957. The SMILES string of the molecule is CC(c1nc(N)nc(Nc2ccccc2)n1)N1CCC(c2ccccc2)CC1. The van der Waals surface area contributed by atoms with Gasteiger partial charge in [-0.15, -0.1) is 0 Å². The van der Waals surface area contributed by atoms with Crippen LogP contribution in [0.4, 0.5) is 17.6 Å². The topological polar surface area (TPSA) is 80.0 Å². The number of anilines is 3. The van der Waals surface area contributed by atoms with Crippen LogP contribution in [-0.4, -0.2) is 32.9 Å². The summed E-state index contributed by atoms with van der Waals surface area (Å²) in [6, 6.07) is 20.7. The molecule has 28 heavy (non-hydrogen) atoms. The van der Waals surface area contributed by atoms with E-state index in [1.807, 2.05) is 30.3 Å². The summed E-state index contributed by atoms with van der Waals surface area (Å²) in [5, 5.41) is 3.21. The average Bonchev–Trinajstić information content (AvgIpc) is 2.74. The molecule has 3 N–H and O–H groups in total. The third kappa shape index (κ3) is 4.28. The second-order valence-electron chi connectivity index (χ2n) is 7.26. The molecule has 6 nitrogen and oxygen atoms in total. The Morgan fingerprint density at radius 2 is 1.57 bits per heavy atom. The molecule has 2 aromatic carbocycles. The van der Waals surface area contributed by atoms with E-state index >= 15 is 0 Å². The fourth-order valence-corrected chi connectivity index (χ4v) is 3.81. The predicted molar refractivity (Wildman–Crippen MR) is 112 cm³/mol. The zero-order chi connectivity index (χ0) is 19.3. The summed E-state index contributed by atoms with van der Waals surface area (Å²) in [6.07, 6.45) is 2.29. The lowest BCUT2D eigenvalue weighted by Crippen LogP contribution is -2.36. The highest BCUT2D eigenvalue weighted by Gasteiger charge is 2.26. The molecule has 1 aliphatic rings. The van der Waals surface area contributed by atoms with E-state index in [1.165, 1.54) is 5.56 Å². The number of nitrogens with zero attached hydrogens (tertiary/aromatic N) is 4. The van der Waals surface area contributed by atoms with Crippen LogP contribution in [0.5, 0.6) is 0 Å². The number of nitrogens with one attached hydrogen (secondary N) is 1. The second kappa shape index (κ2) is 8.35. The van der Waals surface area contributed by atoms with Gasteiger partial charge in [0.15, 0.2) is 5.82 Å².